The van der Waals surface area contributed by atoms with Gasteiger partial charge in [-0.05, 0) is 44.4 Å². The molecular formula is C19H27ClN6O. The predicted octanol–water partition coefficient (Wildman–Crippen LogP) is 2.75. The van der Waals surface area contributed by atoms with Crippen LogP contribution in [0.3, 0.4) is 0 Å². The van der Waals surface area contributed by atoms with E-state index in [0.717, 1.165) is 54.2 Å². The second kappa shape index (κ2) is 9.19. The van der Waals surface area contributed by atoms with Gasteiger partial charge in [-0.15, -0.1) is 10.2 Å². The zero-order chi connectivity index (χ0) is 19.2. The molecule has 2 unspecified atom stereocenters. The number of benzene rings is 1. The summed E-state index contributed by atoms with van der Waals surface area (Å²) in [7, 11) is 1.95. The fourth-order valence-corrected chi connectivity index (χ4v) is 3.07. The molecule has 1 saturated heterocycles. The van der Waals surface area contributed by atoms with Crippen LogP contribution < -0.4 is 10.6 Å². The first-order valence-electron chi connectivity index (χ1n) is 9.29. The molecular weight excluding hydrogens is 364 g/mol. The third-order valence-corrected chi connectivity index (χ3v) is 5.06. The van der Waals surface area contributed by atoms with Gasteiger partial charge in [0.25, 0.3) is 0 Å². The lowest BCUT2D eigenvalue weighted by Gasteiger charge is -2.20. The Balaban J connectivity index is 1.68. The third-order valence-electron chi connectivity index (χ3n) is 4.81. The number of guanidine groups is 1. The monoisotopic (exact) mass is 390 g/mol. The Morgan fingerprint density at radius 1 is 1.37 bits per heavy atom. The number of aryl methyl sites for hydroxylation is 1. The molecule has 8 heteroatoms. The third kappa shape index (κ3) is 5.43. The summed E-state index contributed by atoms with van der Waals surface area (Å²) in [6.07, 6.45) is 2.43. The Hall–Kier alpha value is -2.12. The van der Waals surface area contributed by atoms with Crippen molar-refractivity contribution >= 4 is 17.6 Å². The van der Waals surface area contributed by atoms with Gasteiger partial charge in [0.1, 0.15) is 12.4 Å². The first-order valence-corrected chi connectivity index (χ1v) is 9.67. The Morgan fingerprint density at radius 2 is 2.15 bits per heavy atom. The molecule has 0 aliphatic carbocycles. The van der Waals surface area contributed by atoms with Crippen molar-refractivity contribution in [1.29, 1.82) is 0 Å². The molecule has 27 heavy (non-hydrogen) atoms. The van der Waals surface area contributed by atoms with Crippen molar-refractivity contribution in [2.75, 3.05) is 13.2 Å². The van der Waals surface area contributed by atoms with Crippen molar-refractivity contribution in [2.24, 2.45) is 12.0 Å². The summed E-state index contributed by atoms with van der Waals surface area (Å²) >= 11 is 5.99. The van der Waals surface area contributed by atoms with Crippen LogP contribution in [0.5, 0.6) is 0 Å². The van der Waals surface area contributed by atoms with Gasteiger partial charge in [-0.25, -0.2) is 4.99 Å². The number of rotatable bonds is 6. The van der Waals surface area contributed by atoms with Crippen molar-refractivity contribution in [3.8, 4) is 0 Å². The highest BCUT2D eigenvalue weighted by atomic mass is 35.5. The summed E-state index contributed by atoms with van der Waals surface area (Å²) < 4.78 is 7.65. The predicted molar refractivity (Wildman–Crippen MR) is 107 cm³/mol. The first kappa shape index (κ1) is 19.6. The molecule has 1 fully saturated rings. The number of nitrogens with zero attached hydrogens (tertiary/aromatic N) is 4. The van der Waals surface area contributed by atoms with Gasteiger partial charge < -0.3 is 19.9 Å². The topological polar surface area (TPSA) is 76.4 Å². The van der Waals surface area contributed by atoms with E-state index in [-0.39, 0.29) is 12.1 Å². The minimum Gasteiger partial charge on any atom is -0.376 e. The fraction of sp³-hybridized carbons (Fsp3) is 0.526. The molecule has 0 amide bonds. The maximum Gasteiger partial charge on any atom is 0.192 e. The highest BCUT2D eigenvalue weighted by molar-refractivity contribution is 6.30. The number of halogens is 1. The zero-order valence-electron chi connectivity index (χ0n) is 16.1. The molecule has 1 aliphatic heterocycles. The second-order valence-corrected chi connectivity index (χ2v) is 7.26. The van der Waals surface area contributed by atoms with E-state index in [4.69, 9.17) is 21.3 Å². The van der Waals surface area contributed by atoms with Gasteiger partial charge in [-0.3, -0.25) is 0 Å². The standard InChI is InChI=1S/C19H27ClN6O/c1-13(15-6-8-16(20)9-7-15)23-19(21-11-17-5-4-10-27-17)22-12-18-25-24-14(2)26(18)3/h6-9,13,17H,4-5,10-12H2,1-3H3,(H2,21,22,23). The van der Waals surface area contributed by atoms with E-state index in [9.17, 15) is 0 Å². The summed E-state index contributed by atoms with van der Waals surface area (Å²) in [5.41, 5.74) is 1.14. The molecule has 146 valence electrons. The van der Waals surface area contributed by atoms with E-state index < -0.39 is 0 Å². The van der Waals surface area contributed by atoms with Gasteiger partial charge in [0.2, 0.25) is 0 Å². The van der Waals surface area contributed by atoms with Gasteiger partial charge in [-0.1, -0.05) is 23.7 Å². The van der Waals surface area contributed by atoms with Gasteiger partial charge in [0.15, 0.2) is 11.8 Å². The van der Waals surface area contributed by atoms with Crippen LogP contribution in [0.1, 0.15) is 43.0 Å². The Morgan fingerprint density at radius 3 is 2.78 bits per heavy atom. The summed E-state index contributed by atoms with van der Waals surface area (Å²) in [6.45, 7) is 6.05. The molecule has 2 atom stereocenters. The van der Waals surface area contributed by atoms with E-state index in [2.05, 4.69) is 27.8 Å². The number of nitrogens with one attached hydrogen (secondary N) is 2. The Kier molecular flexibility index (Phi) is 6.68. The van der Waals surface area contributed by atoms with E-state index in [0.29, 0.717) is 6.54 Å². The lowest BCUT2D eigenvalue weighted by molar-refractivity contribution is 0.113. The van der Waals surface area contributed by atoms with Crippen molar-refractivity contribution in [1.82, 2.24) is 25.4 Å². The normalized spacial score (nSPS) is 18.5. The average molecular weight is 391 g/mol. The van der Waals surface area contributed by atoms with Crippen LogP contribution in [0.4, 0.5) is 0 Å². The lowest BCUT2D eigenvalue weighted by Crippen LogP contribution is -2.42. The summed E-state index contributed by atoms with van der Waals surface area (Å²) in [6, 6.07) is 7.91. The molecule has 2 heterocycles. The summed E-state index contributed by atoms with van der Waals surface area (Å²) in [5.74, 6) is 2.43. The minimum absolute atomic E-state index is 0.0826. The maximum atomic E-state index is 5.99. The van der Waals surface area contributed by atoms with Crippen LogP contribution in [-0.4, -0.2) is 40.0 Å². The van der Waals surface area contributed by atoms with Gasteiger partial charge >= 0.3 is 0 Å². The van der Waals surface area contributed by atoms with E-state index in [1.54, 1.807) is 0 Å². The number of hydrogen-bond donors (Lipinski definition) is 2. The lowest BCUT2D eigenvalue weighted by atomic mass is 10.1. The van der Waals surface area contributed by atoms with Crippen LogP contribution in [0, 0.1) is 6.92 Å². The largest absolute Gasteiger partial charge is 0.376 e. The van der Waals surface area contributed by atoms with Crippen molar-refractivity contribution in [3.05, 3.63) is 46.5 Å². The molecule has 7 nitrogen and oxygen atoms in total. The number of aromatic nitrogens is 3. The second-order valence-electron chi connectivity index (χ2n) is 6.82. The van der Waals surface area contributed by atoms with Crippen LogP contribution in [0.25, 0.3) is 0 Å². The highest BCUT2D eigenvalue weighted by Gasteiger charge is 2.17. The molecule has 1 aliphatic rings. The van der Waals surface area contributed by atoms with Crippen LogP contribution in [-0.2, 0) is 18.3 Å². The smallest absolute Gasteiger partial charge is 0.192 e. The van der Waals surface area contributed by atoms with Crippen LogP contribution in [0.2, 0.25) is 5.02 Å². The fourth-order valence-electron chi connectivity index (χ4n) is 2.95. The molecule has 2 N–H and O–H groups in total. The summed E-state index contributed by atoms with van der Waals surface area (Å²) in [4.78, 5) is 4.70. The molecule has 0 saturated carbocycles. The van der Waals surface area contributed by atoms with Crippen molar-refractivity contribution in [3.63, 3.8) is 0 Å². The maximum absolute atomic E-state index is 5.99. The Labute approximate surface area is 165 Å². The molecule has 2 aromatic rings. The van der Waals surface area contributed by atoms with E-state index in [1.807, 2.05) is 42.8 Å². The summed E-state index contributed by atoms with van der Waals surface area (Å²) in [5, 5.41) is 15.9. The highest BCUT2D eigenvalue weighted by Crippen LogP contribution is 2.16. The van der Waals surface area contributed by atoms with Crippen LogP contribution >= 0.6 is 11.6 Å². The van der Waals surface area contributed by atoms with Crippen LogP contribution in [0.15, 0.2) is 29.3 Å². The number of hydrogen-bond acceptors (Lipinski definition) is 4. The minimum atomic E-state index is 0.0826. The van der Waals surface area contributed by atoms with Crippen molar-refractivity contribution < 1.29 is 4.74 Å². The number of aliphatic imine (C=N–C) groups is 1. The van der Waals surface area contributed by atoms with Gasteiger partial charge in [-0.2, -0.15) is 0 Å². The molecule has 0 radical (unpaired) electrons. The first-order chi connectivity index (χ1) is 13.0. The molecule has 1 aromatic carbocycles. The molecule has 0 bridgehead atoms. The van der Waals surface area contributed by atoms with Gasteiger partial charge in [0, 0.05) is 25.2 Å². The molecule has 3 rings (SSSR count). The quantitative estimate of drug-likeness (QED) is 0.586. The number of ether oxygens (including phenoxy) is 1. The SMILES string of the molecule is Cc1nnc(CN=C(NCC2CCCO2)NC(C)c2ccc(Cl)cc2)n1C. The Bertz CT molecular complexity index is 767. The molecule has 1 aromatic heterocycles. The van der Waals surface area contributed by atoms with E-state index in [1.165, 1.54) is 0 Å². The molecule has 0 spiro atoms. The average Bonchev–Trinajstić information content (AvgIpc) is 3.29. The van der Waals surface area contributed by atoms with E-state index >= 15 is 0 Å². The van der Waals surface area contributed by atoms with Crippen molar-refractivity contribution in [2.45, 2.75) is 45.4 Å². The zero-order valence-corrected chi connectivity index (χ0v) is 16.8. The van der Waals surface area contributed by atoms with Gasteiger partial charge in [0.05, 0.1) is 12.1 Å².